The first-order valence-electron chi connectivity index (χ1n) is 12.4. The summed E-state index contributed by atoms with van der Waals surface area (Å²) in [7, 11) is 0. The number of nitrogens with zero attached hydrogens (tertiary/aromatic N) is 1. The van der Waals surface area contributed by atoms with Crippen molar-refractivity contribution in [3.8, 4) is 11.5 Å². The van der Waals surface area contributed by atoms with Gasteiger partial charge < -0.3 is 14.4 Å². The van der Waals surface area contributed by atoms with Crippen molar-refractivity contribution in [2.75, 3.05) is 11.5 Å². The summed E-state index contributed by atoms with van der Waals surface area (Å²) in [6.07, 6.45) is 0.763. The summed E-state index contributed by atoms with van der Waals surface area (Å²) in [5, 5.41) is 0. The fraction of sp³-hybridized carbons (Fsp3) is 0.219. The van der Waals surface area contributed by atoms with Crippen LogP contribution in [0.4, 0.5) is 17.1 Å². The molecule has 0 bridgehead atoms. The Hall–Kier alpha value is -4.05. The van der Waals surface area contributed by atoms with Gasteiger partial charge in [-0.2, -0.15) is 0 Å². The van der Waals surface area contributed by atoms with Gasteiger partial charge in [-0.05, 0) is 80.1 Å². The summed E-state index contributed by atoms with van der Waals surface area (Å²) < 4.78 is 11.3. The van der Waals surface area contributed by atoms with E-state index in [9.17, 15) is 4.79 Å². The highest BCUT2D eigenvalue weighted by Gasteiger charge is 2.13. The predicted molar refractivity (Wildman–Crippen MR) is 147 cm³/mol. The fourth-order valence-electron chi connectivity index (χ4n) is 3.77. The highest BCUT2D eigenvalue weighted by Crippen LogP contribution is 2.35. The topological polar surface area (TPSA) is 38.8 Å². The normalized spacial score (nSPS) is 10.8. The number of hydrogen-bond donors (Lipinski definition) is 0. The van der Waals surface area contributed by atoms with E-state index in [0.29, 0.717) is 12.4 Å². The second kappa shape index (κ2) is 11.6. The molecule has 0 aliphatic rings. The first-order valence-corrected chi connectivity index (χ1v) is 12.4. The Balaban J connectivity index is 1.40. The van der Waals surface area contributed by atoms with E-state index in [0.717, 1.165) is 34.8 Å². The van der Waals surface area contributed by atoms with Gasteiger partial charge in [-0.3, -0.25) is 4.79 Å². The third-order valence-corrected chi connectivity index (χ3v) is 5.95. The lowest BCUT2D eigenvalue weighted by Crippen LogP contribution is -2.14. The molecule has 0 atom stereocenters. The number of anilines is 3. The molecule has 4 aromatic carbocycles. The average molecular weight is 480 g/mol. The highest BCUT2D eigenvalue weighted by molar-refractivity contribution is 5.77. The van der Waals surface area contributed by atoms with E-state index >= 15 is 0 Å². The molecule has 184 valence electrons. The first kappa shape index (κ1) is 25.1. The molecule has 0 heterocycles. The van der Waals surface area contributed by atoms with Crippen LogP contribution in [-0.2, 0) is 11.2 Å². The van der Waals surface area contributed by atoms with Crippen molar-refractivity contribution in [3.63, 3.8) is 0 Å². The molecule has 0 N–H and O–H groups in total. The van der Waals surface area contributed by atoms with Crippen LogP contribution in [0.5, 0.6) is 11.5 Å². The Labute approximate surface area is 214 Å². The Bertz CT molecular complexity index is 1210. The van der Waals surface area contributed by atoms with E-state index in [1.54, 1.807) is 0 Å². The number of carbonyl (C=O) groups excluding carboxylic acids is 1. The van der Waals surface area contributed by atoms with E-state index in [1.165, 1.54) is 11.1 Å². The summed E-state index contributed by atoms with van der Waals surface area (Å²) in [6, 6.07) is 32.9. The molecule has 0 aliphatic heterocycles. The van der Waals surface area contributed by atoms with Crippen LogP contribution < -0.4 is 14.4 Å². The molecule has 36 heavy (non-hydrogen) atoms. The van der Waals surface area contributed by atoms with E-state index < -0.39 is 0 Å². The van der Waals surface area contributed by atoms with Gasteiger partial charge in [0.15, 0.2) is 0 Å². The molecule has 0 saturated heterocycles. The van der Waals surface area contributed by atoms with E-state index in [2.05, 4.69) is 79.4 Å². The lowest BCUT2D eigenvalue weighted by atomic mass is 10.1. The van der Waals surface area contributed by atoms with Crippen LogP contribution in [0.25, 0.3) is 0 Å². The van der Waals surface area contributed by atoms with Crippen LogP contribution in [-0.4, -0.2) is 12.6 Å². The van der Waals surface area contributed by atoms with Crippen LogP contribution in [0.1, 0.15) is 30.5 Å². The van der Waals surface area contributed by atoms with Crippen molar-refractivity contribution < 1.29 is 14.3 Å². The molecule has 0 unspecified atom stereocenters. The van der Waals surface area contributed by atoms with Gasteiger partial charge >= 0.3 is 5.97 Å². The molecular formula is C32H33NO3. The number of esters is 1. The Kier molecular flexibility index (Phi) is 8.06. The average Bonchev–Trinajstić information content (AvgIpc) is 2.88. The Morgan fingerprint density at radius 3 is 1.58 bits per heavy atom. The molecular weight excluding hydrogens is 446 g/mol. The van der Waals surface area contributed by atoms with Crippen LogP contribution in [0.3, 0.4) is 0 Å². The maximum atomic E-state index is 11.7. The third kappa shape index (κ3) is 6.54. The maximum Gasteiger partial charge on any atom is 0.313 e. The molecule has 4 nitrogen and oxygen atoms in total. The molecule has 0 aromatic heterocycles. The zero-order chi connectivity index (χ0) is 25.5. The van der Waals surface area contributed by atoms with Gasteiger partial charge in [-0.15, -0.1) is 0 Å². The second-order valence-electron chi connectivity index (χ2n) is 9.32. The minimum absolute atomic E-state index is 0.148. The third-order valence-electron chi connectivity index (χ3n) is 5.95. The van der Waals surface area contributed by atoms with E-state index in [4.69, 9.17) is 9.47 Å². The van der Waals surface area contributed by atoms with Crippen molar-refractivity contribution in [3.05, 3.63) is 114 Å². The zero-order valence-electron chi connectivity index (χ0n) is 21.4. The Morgan fingerprint density at radius 2 is 1.11 bits per heavy atom. The lowest BCUT2D eigenvalue weighted by molar-refractivity contribution is -0.137. The minimum Gasteiger partial charge on any atom is -0.493 e. The molecule has 0 amide bonds. The first-order chi connectivity index (χ1) is 17.4. The molecule has 0 aliphatic carbocycles. The van der Waals surface area contributed by atoms with Gasteiger partial charge in [0.05, 0.1) is 12.5 Å². The van der Waals surface area contributed by atoms with Crippen LogP contribution in [0, 0.1) is 19.8 Å². The number of benzene rings is 4. The van der Waals surface area contributed by atoms with Gasteiger partial charge in [0.1, 0.15) is 11.5 Å². The smallest absolute Gasteiger partial charge is 0.313 e. The zero-order valence-corrected chi connectivity index (χ0v) is 21.4. The highest BCUT2D eigenvalue weighted by atomic mass is 16.5. The van der Waals surface area contributed by atoms with Gasteiger partial charge in [-0.25, -0.2) is 0 Å². The fourth-order valence-corrected chi connectivity index (χ4v) is 3.77. The number of ether oxygens (including phenoxy) is 2. The SMILES string of the molecule is Cc1ccc(N(c2ccc(C)cc2)c2ccc(OCCc3ccc(OC(=O)C(C)C)cc3)cc2)cc1. The van der Waals surface area contributed by atoms with Crippen LogP contribution >= 0.6 is 0 Å². The number of hydrogen-bond acceptors (Lipinski definition) is 4. The number of rotatable bonds is 9. The summed E-state index contributed by atoms with van der Waals surface area (Å²) in [4.78, 5) is 14.0. The Morgan fingerprint density at radius 1 is 0.667 bits per heavy atom. The molecule has 0 radical (unpaired) electrons. The number of carbonyl (C=O) groups is 1. The predicted octanol–water partition coefficient (Wildman–Crippen LogP) is 7.96. The van der Waals surface area contributed by atoms with Gasteiger partial charge in [0.2, 0.25) is 0 Å². The lowest BCUT2D eigenvalue weighted by Gasteiger charge is -2.26. The van der Waals surface area contributed by atoms with Crippen LogP contribution in [0.15, 0.2) is 97.1 Å². The molecule has 0 fully saturated rings. The summed E-state index contributed by atoms with van der Waals surface area (Å²) >= 11 is 0. The molecule has 0 spiro atoms. The van der Waals surface area contributed by atoms with Gasteiger partial charge in [0, 0.05) is 23.5 Å². The largest absolute Gasteiger partial charge is 0.493 e. The molecule has 4 aromatic rings. The molecule has 0 saturated carbocycles. The summed E-state index contributed by atoms with van der Waals surface area (Å²) in [6.45, 7) is 8.40. The van der Waals surface area contributed by atoms with Crippen LogP contribution in [0.2, 0.25) is 0 Å². The summed E-state index contributed by atoms with van der Waals surface area (Å²) in [5.74, 6) is 1.03. The van der Waals surface area contributed by atoms with E-state index in [1.807, 2.05) is 50.2 Å². The standard InChI is InChI=1S/C32H33NO3/c1-23(2)32(34)36-31-17-9-26(10-18-31)21-22-35-30-19-15-29(16-20-30)33(27-11-5-24(3)6-12-27)28-13-7-25(4)8-14-28/h5-20,23H,21-22H2,1-4H3. The van der Waals surface area contributed by atoms with Gasteiger partial charge in [-0.1, -0.05) is 61.4 Å². The maximum absolute atomic E-state index is 11.7. The van der Waals surface area contributed by atoms with Crippen molar-refractivity contribution in [2.24, 2.45) is 5.92 Å². The van der Waals surface area contributed by atoms with Crippen molar-refractivity contribution in [1.82, 2.24) is 0 Å². The van der Waals surface area contributed by atoms with Crippen molar-refractivity contribution >= 4 is 23.0 Å². The van der Waals surface area contributed by atoms with E-state index in [-0.39, 0.29) is 11.9 Å². The van der Waals surface area contributed by atoms with Crippen molar-refractivity contribution in [1.29, 1.82) is 0 Å². The monoisotopic (exact) mass is 479 g/mol. The summed E-state index contributed by atoms with van der Waals surface area (Å²) in [5.41, 5.74) is 6.89. The van der Waals surface area contributed by atoms with Crippen molar-refractivity contribution in [2.45, 2.75) is 34.1 Å². The van der Waals surface area contributed by atoms with Gasteiger partial charge in [0.25, 0.3) is 0 Å². The molecule has 4 rings (SSSR count). The molecule has 4 heteroatoms. The number of aryl methyl sites for hydroxylation is 2. The minimum atomic E-state index is -0.224. The quantitative estimate of drug-likeness (QED) is 0.180. The second-order valence-corrected chi connectivity index (χ2v) is 9.32.